The number of benzene rings is 1. The fourth-order valence-electron chi connectivity index (χ4n) is 2.97. The Morgan fingerprint density at radius 1 is 1.42 bits per heavy atom. The monoisotopic (exact) mass is 261 g/mol. The molecule has 1 aliphatic rings. The van der Waals surface area contributed by atoms with Crippen molar-refractivity contribution >= 4 is 5.97 Å². The average Bonchev–Trinajstić information content (AvgIpc) is 2.39. The van der Waals surface area contributed by atoms with Crippen LogP contribution in [0.15, 0.2) is 30.3 Å². The molecule has 0 amide bonds. The van der Waals surface area contributed by atoms with Crippen LogP contribution in [0.3, 0.4) is 0 Å². The van der Waals surface area contributed by atoms with E-state index in [-0.39, 0.29) is 0 Å². The maximum atomic E-state index is 11.8. The third kappa shape index (κ3) is 3.16. The summed E-state index contributed by atoms with van der Waals surface area (Å²) in [5.74, 6) is -0.0699. The lowest BCUT2D eigenvalue weighted by molar-refractivity contribution is -0.144. The first-order valence-electron chi connectivity index (χ1n) is 7.03. The Morgan fingerprint density at radius 3 is 2.68 bits per heavy atom. The summed E-state index contributed by atoms with van der Waals surface area (Å²) in [6, 6.07) is 9.59. The Bertz CT molecular complexity index is 432. The molecule has 0 spiro atoms. The van der Waals surface area contributed by atoms with Crippen LogP contribution in [0.5, 0.6) is 0 Å². The Balaban J connectivity index is 2.18. The Hall–Kier alpha value is -1.35. The first kappa shape index (κ1) is 14.1. The van der Waals surface area contributed by atoms with Gasteiger partial charge in [-0.05, 0) is 37.8 Å². The highest BCUT2D eigenvalue weighted by Gasteiger charge is 2.37. The van der Waals surface area contributed by atoms with E-state index >= 15 is 0 Å². The van der Waals surface area contributed by atoms with E-state index in [1.807, 2.05) is 37.3 Å². The van der Waals surface area contributed by atoms with Crippen molar-refractivity contribution in [1.29, 1.82) is 0 Å². The highest BCUT2D eigenvalue weighted by Crippen LogP contribution is 2.27. The molecule has 0 radical (unpaired) electrons. The first-order chi connectivity index (χ1) is 9.02. The van der Waals surface area contributed by atoms with Gasteiger partial charge >= 0.3 is 5.97 Å². The second-order valence-corrected chi connectivity index (χ2v) is 5.99. The zero-order chi connectivity index (χ0) is 13.9. The molecular formula is C16H23NO2. The van der Waals surface area contributed by atoms with Gasteiger partial charge in [-0.3, -0.25) is 4.79 Å². The van der Waals surface area contributed by atoms with Gasteiger partial charge < -0.3 is 10.0 Å². The van der Waals surface area contributed by atoms with Crippen molar-refractivity contribution in [3.05, 3.63) is 35.9 Å². The number of nitrogens with zero attached hydrogens (tertiary/aromatic N) is 1. The molecule has 0 bridgehead atoms. The smallest absolute Gasteiger partial charge is 0.315 e. The van der Waals surface area contributed by atoms with Gasteiger partial charge in [0, 0.05) is 13.1 Å². The van der Waals surface area contributed by atoms with Gasteiger partial charge in [-0.15, -0.1) is 0 Å². The van der Waals surface area contributed by atoms with Crippen molar-refractivity contribution in [2.45, 2.75) is 32.1 Å². The number of aliphatic carboxylic acids is 1. The molecule has 1 aromatic carbocycles. The number of piperidine rings is 1. The number of hydrogen-bond donors (Lipinski definition) is 1. The van der Waals surface area contributed by atoms with Gasteiger partial charge in [0.1, 0.15) is 5.41 Å². The third-order valence-corrected chi connectivity index (χ3v) is 4.16. The summed E-state index contributed by atoms with van der Waals surface area (Å²) in [7, 11) is 0. The van der Waals surface area contributed by atoms with Crippen LogP contribution in [0, 0.1) is 5.92 Å². The minimum absolute atomic E-state index is 0.594. The Kier molecular flexibility index (Phi) is 4.25. The van der Waals surface area contributed by atoms with Crippen molar-refractivity contribution in [3.8, 4) is 0 Å². The molecule has 1 N–H and O–H groups in total. The Labute approximate surface area is 115 Å². The number of hydrogen-bond acceptors (Lipinski definition) is 2. The van der Waals surface area contributed by atoms with Crippen LogP contribution in [-0.2, 0) is 10.2 Å². The van der Waals surface area contributed by atoms with E-state index < -0.39 is 11.4 Å². The summed E-state index contributed by atoms with van der Waals surface area (Å²) in [5, 5.41) is 9.66. The number of carboxylic acid groups (broad SMARTS) is 1. The number of rotatable bonds is 4. The van der Waals surface area contributed by atoms with E-state index in [0.29, 0.717) is 12.5 Å². The summed E-state index contributed by atoms with van der Waals surface area (Å²) in [4.78, 5) is 14.1. The largest absolute Gasteiger partial charge is 0.481 e. The van der Waals surface area contributed by atoms with E-state index in [2.05, 4.69) is 11.8 Å². The van der Waals surface area contributed by atoms with Crippen LogP contribution >= 0.6 is 0 Å². The highest BCUT2D eigenvalue weighted by atomic mass is 16.4. The maximum Gasteiger partial charge on any atom is 0.315 e. The second kappa shape index (κ2) is 5.74. The van der Waals surface area contributed by atoms with Gasteiger partial charge in [0.05, 0.1) is 0 Å². The van der Waals surface area contributed by atoms with E-state index in [0.717, 1.165) is 18.7 Å². The van der Waals surface area contributed by atoms with Crippen LogP contribution in [0.2, 0.25) is 0 Å². The quantitative estimate of drug-likeness (QED) is 0.906. The zero-order valence-electron chi connectivity index (χ0n) is 11.8. The normalized spacial score (nSPS) is 23.8. The van der Waals surface area contributed by atoms with Crippen LogP contribution in [0.25, 0.3) is 0 Å². The second-order valence-electron chi connectivity index (χ2n) is 5.99. The van der Waals surface area contributed by atoms with Crippen LogP contribution < -0.4 is 0 Å². The maximum absolute atomic E-state index is 11.8. The number of carbonyl (C=O) groups is 1. The van der Waals surface area contributed by atoms with Crippen LogP contribution in [0.4, 0.5) is 0 Å². The van der Waals surface area contributed by atoms with Gasteiger partial charge in [0.15, 0.2) is 0 Å². The Morgan fingerprint density at radius 2 is 2.11 bits per heavy atom. The fourth-order valence-corrected chi connectivity index (χ4v) is 2.97. The summed E-state index contributed by atoms with van der Waals surface area (Å²) < 4.78 is 0. The van der Waals surface area contributed by atoms with Crippen molar-refractivity contribution in [3.63, 3.8) is 0 Å². The highest BCUT2D eigenvalue weighted by molar-refractivity contribution is 5.81. The van der Waals surface area contributed by atoms with Crippen molar-refractivity contribution < 1.29 is 9.90 Å². The van der Waals surface area contributed by atoms with Crippen LogP contribution in [-0.4, -0.2) is 35.6 Å². The number of likely N-dealkylation sites (tertiary alicyclic amines) is 1. The van der Waals surface area contributed by atoms with Crippen LogP contribution in [0.1, 0.15) is 32.3 Å². The van der Waals surface area contributed by atoms with E-state index in [9.17, 15) is 9.90 Å². The molecule has 1 fully saturated rings. The third-order valence-electron chi connectivity index (χ3n) is 4.16. The SMILES string of the molecule is CC1CCCN(CC(C)(C(=O)O)c2ccccc2)C1. The summed E-state index contributed by atoms with van der Waals surface area (Å²) in [6.07, 6.45) is 2.43. The van der Waals surface area contributed by atoms with Crippen molar-refractivity contribution in [2.24, 2.45) is 5.92 Å². The molecule has 0 aromatic heterocycles. The average molecular weight is 261 g/mol. The molecule has 3 nitrogen and oxygen atoms in total. The molecule has 19 heavy (non-hydrogen) atoms. The molecule has 1 aliphatic heterocycles. The molecule has 1 aromatic rings. The predicted molar refractivity (Wildman–Crippen MR) is 76.3 cm³/mol. The molecule has 2 rings (SSSR count). The van der Waals surface area contributed by atoms with Gasteiger partial charge in [0.2, 0.25) is 0 Å². The van der Waals surface area contributed by atoms with Gasteiger partial charge in [-0.1, -0.05) is 37.3 Å². The predicted octanol–water partition coefficient (Wildman–Crippen LogP) is 2.76. The summed E-state index contributed by atoms with van der Waals surface area (Å²) in [6.45, 7) is 6.70. The van der Waals surface area contributed by atoms with Gasteiger partial charge in [-0.2, -0.15) is 0 Å². The lowest BCUT2D eigenvalue weighted by Crippen LogP contribution is -2.47. The minimum atomic E-state index is -0.821. The van der Waals surface area contributed by atoms with E-state index in [1.54, 1.807) is 0 Å². The van der Waals surface area contributed by atoms with Crippen molar-refractivity contribution in [1.82, 2.24) is 4.90 Å². The zero-order valence-corrected chi connectivity index (χ0v) is 11.8. The van der Waals surface area contributed by atoms with E-state index in [1.165, 1.54) is 12.8 Å². The van der Waals surface area contributed by atoms with Gasteiger partial charge in [0.25, 0.3) is 0 Å². The fraction of sp³-hybridized carbons (Fsp3) is 0.562. The molecule has 3 heteroatoms. The summed E-state index contributed by atoms with van der Waals surface area (Å²) >= 11 is 0. The lowest BCUT2D eigenvalue weighted by Gasteiger charge is -2.37. The standard InChI is InChI=1S/C16H23NO2/c1-13-7-6-10-17(11-13)12-16(2,15(18)19)14-8-4-3-5-9-14/h3-5,8-9,13H,6-7,10-12H2,1-2H3,(H,18,19). The topological polar surface area (TPSA) is 40.5 Å². The molecular weight excluding hydrogens is 238 g/mol. The molecule has 0 aliphatic carbocycles. The lowest BCUT2D eigenvalue weighted by atomic mass is 9.81. The van der Waals surface area contributed by atoms with Gasteiger partial charge in [-0.25, -0.2) is 0 Å². The first-order valence-corrected chi connectivity index (χ1v) is 7.03. The van der Waals surface area contributed by atoms with Crippen molar-refractivity contribution in [2.75, 3.05) is 19.6 Å². The summed E-state index contributed by atoms with van der Waals surface area (Å²) in [5.41, 5.74) is 0.0685. The molecule has 1 saturated heterocycles. The number of carboxylic acids is 1. The molecule has 2 atom stereocenters. The molecule has 1 heterocycles. The minimum Gasteiger partial charge on any atom is -0.481 e. The molecule has 2 unspecified atom stereocenters. The molecule has 104 valence electrons. The van der Waals surface area contributed by atoms with E-state index in [4.69, 9.17) is 0 Å². The molecule has 0 saturated carbocycles.